The van der Waals surface area contributed by atoms with Crippen LogP contribution in [0, 0.1) is 0 Å². The highest BCUT2D eigenvalue weighted by molar-refractivity contribution is 8.19. The molecule has 1 amide bonds. The van der Waals surface area contributed by atoms with E-state index in [1.54, 1.807) is 49.5 Å². The Morgan fingerprint density at radius 3 is 2.52 bits per heavy atom. The number of carbonyl (C=O) groups is 1. The molecule has 1 aliphatic rings. The maximum atomic E-state index is 12.8. The van der Waals surface area contributed by atoms with Crippen molar-refractivity contribution < 1.29 is 13.2 Å². The molecule has 0 saturated carbocycles. The lowest BCUT2D eigenvalue weighted by atomic mass is 10.4. The quantitative estimate of drug-likeness (QED) is 0.598. The van der Waals surface area contributed by atoms with E-state index < -0.39 is 15.9 Å². The summed E-state index contributed by atoms with van der Waals surface area (Å²) < 4.78 is 26.3. The summed E-state index contributed by atoms with van der Waals surface area (Å²) in [7, 11) is -0.478. The number of aliphatic imine (C=N–C) groups is 1. The fourth-order valence-corrected chi connectivity index (χ4v) is 4.54. The van der Waals surface area contributed by atoms with Gasteiger partial charge in [-0.15, -0.1) is 6.58 Å². The van der Waals surface area contributed by atoms with Gasteiger partial charge < -0.3 is 4.90 Å². The number of carbonyl (C=O) groups excluding carboxylic acids is 1. The number of nitrogens with zero attached hydrogens (tertiary/aromatic N) is 3. The van der Waals surface area contributed by atoms with Gasteiger partial charge in [-0.1, -0.05) is 24.3 Å². The van der Waals surface area contributed by atoms with Gasteiger partial charge in [-0.3, -0.25) is 9.79 Å². The zero-order valence-corrected chi connectivity index (χ0v) is 14.5. The van der Waals surface area contributed by atoms with Crippen molar-refractivity contribution in [2.75, 3.05) is 20.6 Å². The smallest absolute Gasteiger partial charge is 0.282 e. The Morgan fingerprint density at radius 2 is 1.96 bits per heavy atom. The molecule has 2 rings (SSSR count). The highest BCUT2D eigenvalue weighted by Gasteiger charge is 2.42. The van der Waals surface area contributed by atoms with Crippen LogP contribution in [0.15, 0.2) is 64.0 Å². The maximum Gasteiger partial charge on any atom is 0.282 e. The summed E-state index contributed by atoms with van der Waals surface area (Å²) in [5.41, 5.74) is 0. The minimum absolute atomic E-state index is 0.0476. The van der Waals surface area contributed by atoms with E-state index in [2.05, 4.69) is 11.6 Å². The van der Waals surface area contributed by atoms with Gasteiger partial charge in [0.05, 0.1) is 16.3 Å². The molecule has 0 spiro atoms. The highest BCUT2D eigenvalue weighted by atomic mass is 32.2. The number of hydrogen-bond acceptors (Lipinski definition) is 6. The van der Waals surface area contributed by atoms with Gasteiger partial charge in [-0.2, -0.15) is 4.31 Å². The van der Waals surface area contributed by atoms with Crippen LogP contribution in [0.25, 0.3) is 0 Å². The summed E-state index contributed by atoms with van der Waals surface area (Å²) in [6, 6.07) is 7.83. The van der Waals surface area contributed by atoms with Crippen molar-refractivity contribution in [1.29, 1.82) is 0 Å². The van der Waals surface area contributed by atoms with Gasteiger partial charge >= 0.3 is 0 Å². The molecule has 0 unspecified atom stereocenters. The zero-order chi connectivity index (χ0) is 17.0. The van der Waals surface area contributed by atoms with E-state index in [9.17, 15) is 13.2 Å². The molecule has 1 aromatic carbocycles. The van der Waals surface area contributed by atoms with E-state index >= 15 is 0 Å². The van der Waals surface area contributed by atoms with E-state index in [0.717, 1.165) is 16.1 Å². The minimum Gasteiger partial charge on any atom is -0.382 e. The number of hydrogen-bond donors (Lipinski definition) is 0. The first kappa shape index (κ1) is 17.3. The first-order chi connectivity index (χ1) is 10.9. The zero-order valence-electron chi connectivity index (χ0n) is 12.8. The Kier molecular flexibility index (Phi) is 5.27. The fraction of sp³-hybridized carbons (Fsp3) is 0.200. The predicted molar refractivity (Wildman–Crippen MR) is 92.3 cm³/mol. The van der Waals surface area contributed by atoms with Crippen LogP contribution in [0.2, 0.25) is 0 Å². The first-order valence-electron chi connectivity index (χ1n) is 6.74. The van der Waals surface area contributed by atoms with E-state index in [1.165, 1.54) is 12.1 Å². The molecule has 0 bridgehead atoms. The van der Waals surface area contributed by atoms with Crippen molar-refractivity contribution in [3.63, 3.8) is 0 Å². The van der Waals surface area contributed by atoms with Crippen molar-refractivity contribution >= 4 is 32.9 Å². The van der Waals surface area contributed by atoms with Crippen LogP contribution in [-0.4, -0.2) is 49.3 Å². The summed E-state index contributed by atoms with van der Waals surface area (Å²) in [4.78, 5) is 18.7. The van der Waals surface area contributed by atoms with Gasteiger partial charge in [0, 0.05) is 20.3 Å². The molecule has 8 heteroatoms. The average molecular weight is 351 g/mol. The molecule has 0 N–H and O–H groups in total. The number of rotatable bonds is 5. The summed E-state index contributed by atoms with van der Waals surface area (Å²) in [5, 5.41) is 0.131. The van der Waals surface area contributed by atoms with Crippen molar-refractivity contribution in [1.82, 2.24) is 9.21 Å². The topological polar surface area (TPSA) is 70.1 Å². The van der Waals surface area contributed by atoms with Crippen LogP contribution in [0.3, 0.4) is 0 Å². The van der Waals surface area contributed by atoms with Gasteiger partial charge in [-0.25, -0.2) is 8.42 Å². The second-order valence-corrected chi connectivity index (χ2v) is 7.65. The molecule has 0 aliphatic carbocycles. The summed E-state index contributed by atoms with van der Waals surface area (Å²) in [6.07, 6.45) is 3.12. The molecule has 23 heavy (non-hydrogen) atoms. The SMILES string of the molecule is C=CCN=C1S/C(=C\N(C)C)C(=O)N1S(=O)(=O)c1ccccc1. The van der Waals surface area contributed by atoms with Crippen LogP contribution < -0.4 is 0 Å². The molecule has 1 saturated heterocycles. The maximum absolute atomic E-state index is 12.8. The van der Waals surface area contributed by atoms with Gasteiger partial charge in [0.15, 0.2) is 5.17 Å². The lowest BCUT2D eigenvalue weighted by Crippen LogP contribution is -2.35. The fourth-order valence-electron chi connectivity index (χ4n) is 1.84. The lowest BCUT2D eigenvalue weighted by molar-refractivity contribution is -0.119. The van der Waals surface area contributed by atoms with E-state index in [0.29, 0.717) is 4.91 Å². The third-order valence-corrected chi connectivity index (χ3v) is 5.58. The molecule has 1 aliphatic heterocycles. The standard InChI is InChI=1S/C15H17N3O3S2/c1-4-10-16-15-18(14(19)13(22-15)11-17(2)3)23(20,21)12-8-6-5-7-9-12/h4-9,11H,1,10H2,2-3H3/b13-11-,16-15?. The molecule has 1 heterocycles. The number of amidine groups is 1. The van der Waals surface area contributed by atoms with Gasteiger partial charge in [0.25, 0.3) is 15.9 Å². The second-order valence-electron chi connectivity index (χ2n) is 4.86. The molecular weight excluding hydrogens is 334 g/mol. The van der Waals surface area contributed by atoms with Crippen LogP contribution in [0.4, 0.5) is 0 Å². The molecule has 1 aromatic rings. The van der Waals surface area contributed by atoms with Gasteiger partial charge in [-0.05, 0) is 23.9 Å². The molecule has 0 atom stereocenters. The molecule has 0 aromatic heterocycles. The number of benzene rings is 1. The summed E-state index contributed by atoms with van der Waals surface area (Å²) >= 11 is 1.04. The van der Waals surface area contributed by atoms with Crippen LogP contribution >= 0.6 is 11.8 Å². The van der Waals surface area contributed by atoms with Gasteiger partial charge in [0.1, 0.15) is 0 Å². The molecule has 122 valence electrons. The van der Waals surface area contributed by atoms with E-state index in [4.69, 9.17) is 0 Å². The van der Waals surface area contributed by atoms with Crippen molar-refractivity contribution in [3.05, 3.63) is 54.1 Å². The summed E-state index contributed by atoms with van der Waals surface area (Å²) in [6.45, 7) is 3.79. The van der Waals surface area contributed by atoms with Gasteiger partial charge in [0.2, 0.25) is 0 Å². The van der Waals surface area contributed by atoms with Crippen LogP contribution in [0.1, 0.15) is 0 Å². The largest absolute Gasteiger partial charge is 0.382 e. The number of thioether (sulfide) groups is 1. The molecule has 6 nitrogen and oxygen atoms in total. The second kappa shape index (κ2) is 7.01. The molecular formula is C15H17N3O3S2. The van der Waals surface area contributed by atoms with Crippen molar-refractivity contribution in [2.24, 2.45) is 4.99 Å². The normalized spacial score (nSPS) is 18.7. The number of amides is 1. The van der Waals surface area contributed by atoms with Crippen LogP contribution in [-0.2, 0) is 14.8 Å². The molecule has 1 fully saturated rings. The lowest BCUT2D eigenvalue weighted by Gasteiger charge is -2.15. The van der Waals surface area contributed by atoms with Crippen LogP contribution in [0.5, 0.6) is 0 Å². The Hall–Kier alpha value is -2.06. The van der Waals surface area contributed by atoms with E-state index in [1.807, 2.05) is 0 Å². The summed E-state index contributed by atoms with van der Waals surface area (Å²) in [5.74, 6) is -0.602. The first-order valence-corrected chi connectivity index (χ1v) is 8.99. The van der Waals surface area contributed by atoms with E-state index in [-0.39, 0.29) is 16.6 Å². The highest BCUT2D eigenvalue weighted by Crippen LogP contribution is 2.35. The Morgan fingerprint density at radius 1 is 1.30 bits per heavy atom. The third kappa shape index (κ3) is 3.65. The van der Waals surface area contributed by atoms with Crippen molar-refractivity contribution in [2.45, 2.75) is 4.90 Å². The Balaban J connectivity index is 2.52. The molecule has 0 radical (unpaired) electrons. The Labute approximate surface area is 140 Å². The number of sulfonamides is 1. The average Bonchev–Trinajstić information content (AvgIpc) is 2.82. The third-order valence-electron chi connectivity index (χ3n) is 2.78. The van der Waals surface area contributed by atoms with Crippen molar-refractivity contribution in [3.8, 4) is 0 Å². The monoisotopic (exact) mass is 351 g/mol. The minimum atomic E-state index is -4.00. The Bertz CT molecular complexity index is 768. The predicted octanol–water partition coefficient (Wildman–Crippen LogP) is 1.90.